The third-order valence-corrected chi connectivity index (χ3v) is 5.16. The maximum Gasteiger partial charge on any atom is 0.241 e. The third kappa shape index (κ3) is 5.03. The average molecular weight is 383 g/mol. The highest BCUT2D eigenvalue weighted by Gasteiger charge is 2.26. The number of hydrogen-bond acceptors (Lipinski definition) is 5. The molecule has 6 heteroatoms. The van der Waals surface area contributed by atoms with Crippen molar-refractivity contribution in [1.82, 2.24) is 10.2 Å². The van der Waals surface area contributed by atoms with Gasteiger partial charge in [0.2, 0.25) is 5.91 Å². The Hall–Kier alpha value is -2.57. The number of carbonyl (C=O) groups is 1. The van der Waals surface area contributed by atoms with Crippen molar-refractivity contribution in [1.29, 1.82) is 0 Å². The summed E-state index contributed by atoms with van der Waals surface area (Å²) in [4.78, 5) is 14.8. The molecule has 2 unspecified atom stereocenters. The van der Waals surface area contributed by atoms with Crippen molar-refractivity contribution in [2.75, 3.05) is 27.3 Å². The molecule has 0 radical (unpaired) electrons. The van der Waals surface area contributed by atoms with Gasteiger partial charge in [-0.1, -0.05) is 29.8 Å². The highest BCUT2D eigenvalue weighted by molar-refractivity contribution is 5.83. The Morgan fingerprint density at radius 3 is 2.43 bits per heavy atom. The lowest BCUT2D eigenvalue weighted by Crippen LogP contribution is -2.42. The molecule has 0 saturated carbocycles. The topological polar surface area (TPSA) is 76.8 Å². The summed E-state index contributed by atoms with van der Waals surface area (Å²) in [6.45, 7) is 4.51. The summed E-state index contributed by atoms with van der Waals surface area (Å²) < 4.78 is 10.7. The second kappa shape index (κ2) is 9.08. The van der Waals surface area contributed by atoms with E-state index in [1.165, 1.54) is 0 Å². The second-order valence-corrected chi connectivity index (χ2v) is 7.34. The van der Waals surface area contributed by atoms with Crippen LogP contribution in [0.2, 0.25) is 0 Å². The van der Waals surface area contributed by atoms with Gasteiger partial charge >= 0.3 is 0 Å². The standard InChI is InChI=1S/C22H29N3O3/c1-15-4-6-17(7-5-15)21(23)22(26)24-18-8-9-25(14-18)13-16-10-19(27-2)12-20(11-16)28-3/h4-7,10-12,18,21H,8-9,13-14,23H2,1-3H3,(H,24,26). The normalized spacial score (nSPS) is 17.9. The van der Waals surface area contributed by atoms with E-state index in [0.717, 1.165) is 54.2 Å². The van der Waals surface area contributed by atoms with Crippen LogP contribution in [0.4, 0.5) is 0 Å². The molecule has 1 amide bonds. The van der Waals surface area contributed by atoms with Gasteiger partial charge in [0.05, 0.1) is 14.2 Å². The minimum absolute atomic E-state index is 0.108. The van der Waals surface area contributed by atoms with Crippen molar-refractivity contribution < 1.29 is 14.3 Å². The van der Waals surface area contributed by atoms with Crippen molar-refractivity contribution in [2.24, 2.45) is 5.73 Å². The smallest absolute Gasteiger partial charge is 0.241 e. The van der Waals surface area contributed by atoms with Crippen LogP contribution in [0.25, 0.3) is 0 Å². The first-order valence-electron chi connectivity index (χ1n) is 9.55. The van der Waals surface area contributed by atoms with E-state index >= 15 is 0 Å². The molecule has 0 aromatic heterocycles. The van der Waals surface area contributed by atoms with Crippen LogP contribution in [0.15, 0.2) is 42.5 Å². The number of amides is 1. The summed E-state index contributed by atoms with van der Waals surface area (Å²) in [6.07, 6.45) is 0.910. The van der Waals surface area contributed by atoms with Crippen molar-refractivity contribution in [3.63, 3.8) is 0 Å². The van der Waals surface area contributed by atoms with E-state index in [1.807, 2.05) is 49.4 Å². The summed E-state index contributed by atoms with van der Waals surface area (Å²) >= 11 is 0. The molecule has 1 aliphatic rings. The molecule has 1 heterocycles. The van der Waals surface area contributed by atoms with Crippen LogP contribution < -0.4 is 20.5 Å². The first-order chi connectivity index (χ1) is 13.5. The van der Waals surface area contributed by atoms with E-state index in [4.69, 9.17) is 15.2 Å². The van der Waals surface area contributed by atoms with E-state index in [0.29, 0.717) is 0 Å². The Balaban J connectivity index is 1.55. The van der Waals surface area contributed by atoms with Crippen LogP contribution >= 0.6 is 0 Å². The summed E-state index contributed by atoms with van der Waals surface area (Å²) in [5.41, 5.74) is 9.24. The highest BCUT2D eigenvalue weighted by Crippen LogP contribution is 2.24. The fourth-order valence-corrected chi connectivity index (χ4v) is 3.53. The van der Waals surface area contributed by atoms with E-state index in [1.54, 1.807) is 14.2 Å². The molecule has 2 atom stereocenters. The molecule has 1 aliphatic heterocycles. The third-order valence-electron chi connectivity index (χ3n) is 5.16. The van der Waals surface area contributed by atoms with Crippen LogP contribution in [0, 0.1) is 6.92 Å². The average Bonchev–Trinajstić information content (AvgIpc) is 3.14. The van der Waals surface area contributed by atoms with Gasteiger partial charge in [-0.05, 0) is 36.6 Å². The number of ether oxygens (including phenoxy) is 2. The SMILES string of the molecule is COc1cc(CN2CCC(NC(=O)C(N)c3ccc(C)cc3)C2)cc(OC)c1. The number of nitrogens with one attached hydrogen (secondary N) is 1. The second-order valence-electron chi connectivity index (χ2n) is 7.34. The van der Waals surface area contributed by atoms with Gasteiger partial charge in [-0.25, -0.2) is 0 Å². The van der Waals surface area contributed by atoms with Crippen LogP contribution in [-0.2, 0) is 11.3 Å². The van der Waals surface area contributed by atoms with Crippen molar-refractivity contribution in [2.45, 2.75) is 32.0 Å². The van der Waals surface area contributed by atoms with Gasteiger partial charge in [-0.15, -0.1) is 0 Å². The molecule has 150 valence electrons. The van der Waals surface area contributed by atoms with Gasteiger partial charge < -0.3 is 20.5 Å². The Morgan fingerprint density at radius 1 is 1.18 bits per heavy atom. The van der Waals surface area contributed by atoms with E-state index in [-0.39, 0.29) is 11.9 Å². The molecule has 0 spiro atoms. The molecule has 1 fully saturated rings. The van der Waals surface area contributed by atoms with E-state index in [9.17, 15) is 4.79 Å². The number of carbonyl (C=O) groups excluding carboxylic acids is 1. The van der Waals surface area contributed by atoms with E-state index < -0.39 is 6.04 Å². The lowest BCUT2D eigenvalue weighted by molar-refractivity contribution is -0.123. The van der Waals surface area contributed by atoms with Gasteiger partial charge in [0.15, 0.2) is 0 Å². The molecule has 2 aromatic rings. The molecule has 0 bridgehead atoms. The first-order valence-corrected chi connectivity index (χ1v) is 9.55. The number of benzene rings is 2. The molecule has 1 saturated heterocycles. The fraction of sp³-hybridized carbons (Fsp3) is 0.409. The zero-order valence-corrected chi connectivity index (χ0v) is 16.8. The maximum atomic E-state index is 12.5. The summed E-state index contributed by atoms with van der Waals surface area (Å²) in [5.74, 6) is 1.43. The Morgan fingerprint density at radius 2 is 1.82 bits per heavy atom. The zero-order chi connectivity index (χ0) is 20.1. The molecule has 2 aromatic carbocycles. The number of aryl methyl sites for hydroxylation is 1. The summed E-state index contributed by atoms with van der Waals surface area (Å²) in [7, 11) is 3.30. The quantitative estimate of drug-likeness (QED) is 0.768. The largest absolute Gasteiger partial charge is 0.497 e. The van der Waals surface area contributed by atoms with Gasteiger partial charge in [0.1, 0.15) is 17.5 Å². The predicted octanol–water partition coefficient (Wildman–Crippen LogP) is 2.40. The molecule has 0 aliphatic carbocycles. The van der Waals surface area contributed by atoms with Crippen molar-refractivity contribution in [3.05, 3.63) is 59.2 Å². The Kier molecular flexibility index (Phi) is 6.54. The van der Waals surface area contributed by atoms with Crippen LogP contribution in [0.3, 0.4) is 0 Å². The number of nitrogens with two attached hydrogens (primary N) is 1. The molecule has 3 N–H and O–H groups in total. The van der Waals surface area contributed by atoms with Gasteiger partial charge in [0.25, 0.3) is 0 Å². The lowest BCUT2D eigenvalue weighted by atomic mass is 10.0. The summed E-state index contributed by atoms with van der Waals surface area (Å²) in [5, 5.41) is 3.10. The molecular formula is C22H29N3O3. The lowest BCUT2D eigenvalue weighted by Gasteiger charge is -2.19. The number of likely N-dealkylation sites (tertiary alicyclic amines) is 1. The number of nitrogens with zero attached hydrogens (tertiary/aromatic N) is 1. The van der Waals surface area contributed by atoms with E-state index in [2.05, 4.69) is 10.2 Å². The summed E-state index contributed by atoms with van der Waals surface area (Å²) in [6, 6.07) is 13.1. The van der Waals surface area contributed by atoms with Crippen LogP contribution in [0.5, 0.6) is 11.5 Å². The van der Waals surface area contributed by atoms with Crippen LogP contribution in [-0.4, -0.2) is 44.2 Å². The minimum Gasteiger partial charge on any atom is -0.497 e. The van der Waals surface area contributed by atoms with Gasteiger partial charge in [0, 0.05) is 31.7 Å². The monoisotopic (exact) mass is 383 g/mol. The molecule has 3 rings (SSSR count). The van der Waals surface area contributed by atoms with Gasteiger partial charge in [-0.2, -0.15) is 0 Å². The number of rotatable bonds is 7. The number of hydrogen-bond donors (Lipinski definition) is 2. The minimum atomic E-state index is -0.641. The number of methoxy groups -OCH3 is 2. The zero-order valence-electron chi connectivity index (χ0n) is 16.8. The van der Waals surface area contributed by atoms with Crippen molar-refractivity contribution in [3.8, 4) is 11.5 Å². The van der Waals surface area contributed by atoms with Crippen molar-refractivity contribution >= 4 is 5.91 Å². The fourth-order valence-electron chi connectivity index (χ4n) is 3.53. The molecule has 6 nitrogen and oxygen atoms in total. The Bertz CT molecular complexity index is 785. The molecular weight excluding hydrogens is 354 g/mol. The highest BCUT2D eigenvalue weighted by atomic mass is 16.5. The first kappa shape index (κ1) is 20.2. The van der Waals surface area contributed by atoms with Crippen LogP contribution in [0.1, 0.15) is 29.2 Å². The predicted molar refractivity (Wildman–Crippen MR) is 109 cm³/mol. The van der Waals surface area contributed by atoms with Gasteiger partial charge in [-0.3, -0.25) is 9.69 Å². The maximum absolute atomic E-state index is 12.5. The Labute approximate surface area is 166 Å². The molecule has 28 heavy (non-hydrogen) atoms.